The molecular formula is C32H34F6N4O5S. The lowest BCUT2D eigenvalue weighted by molar-refractivity contribution is -0.289. The fourth-order valence-electron chi connectivity index (χ4n) is 6.15. The van der Waals surface area contributed by atoms with Gasteiger partial charge in [0, 0.05) is 48.3 Å². The van der Waals surface area contributed by atoms with Gasteiger partial charge >= 0.3 is 12.1 Å². The number of halogens is 6. The van der Waals surface area contributed by atoms with Gasteiger partial charge in [-0.3, -0.25) is 14.6 Å². The number of alkyl halides is 6. The standard InChI is InChI=1S/C32H34F6N4O5S/c1-20-17-23(27(43)41-12-8-29(45,19-33)9-13-41)18-21(2)25(20)7-16-48(46,47)42-14-10-30(11-15-42)28(44)39-26(40-30)22-3-5-24(6-4-22)31(34,35)32(36,37)38/h3-7,16-18,45H,8-15,19H2,1-2H3,(H,39,40,44). The molecule has 5 rings (SSSR count). The Balaban J connectivity index is 1.24. The van der Waals surface area contributed by atoms with Crippen LogP contribution in [0.2, 0.25) is 0 Å². The Kier molecular flexibility index (Phi) is 9.33. The molecule has 0 radical (unpaired) electrons. The van der Waals surface area contributed by atoms with Crippen molar-refractivity contribution in [3.05, 3.63) is 75.2 Å². The predicted molar refractivity (Wildman–Crippen MR) is 165 cm³/mol. The Labute approximate surface area is 273 Å². The minimum Gasteiger partial charge on any atom is -0.387 e. The molecule has 0 bridgehead atoms. The van der Waals surface area contributed by atoms with E-state index in [0.717, 1.165) is 17.5 Å². The molecule has 16 heteroatoms. The van der Waals surface area contributed by atoms with Gasteiger partial charge in [-0.2, -0.15) is 26.3 Å². The molecule has 3 heterocycles. The second kappa shape index (κ2) is 12.6. The molecule has 2 amide bonds. The fraction of sp³-hybridized carbons (Fsp3) is 0.469. The van der Waals surface area contributed by atoms with Crippen LogP contribution >= 0.6 is 0 Å². The summed E-state index contributed by atoms with van der Waals surface area (Å²) in [4.78, 5) is 32.0. The lowest BCUT2D eigenvalue weighted by Gasteiger charge is -2.36. The first-order valence-corrected chi connectivity index (χ1v) is 16.7. The highest BCUT2D eigenvalue weighted by Gasteiger charge is 2.58. The van der Waals surface area contributed by atoms with E-state index >= 15 is 0 Å². The normalized spacial score (nSPS) is 20.3. The summed E-state index contributed by atoms with van der Waals surface area (Å²) in [5.74, 6) is -5.86. The minimum atomic E-state index is -5.77. The van der Waals surface area contributed by atoms with Crippen LogP contribution in [0.4, 0.5) is 26.3 Å². The lowest BCUT2D eigenvalue weighted by Crippen LogP contribution is -2.50. The van der Waals surface area contributed by atoms with Crippen LogP contribution in [0.15, 0.2) is 46.8 Å². The van der Waals surface area contributed by atoms with Crippen molar-refractivity contribution >= 4 is 33.7 Å². The molecule has 1 spiro atoms. The van der Waals surface area contributed by atoms with E-state index in [2.05, 4.69) is 10.3 Å². The van der Waals surface area contributed by atoms with Crippen LogP contribution in [0.5, 0.6) is 0 Å². The van der Waals surface area contributed by atoms with E-state index < -0.39 is 51.4 Å². The molecule has 0 unspecified atom stereocenters. The summed E-state index contributed by atoms with van der Waals surface area (Å²) >= 11 is 0. The zero-order chi connectivity index (χ0) is 35.3. The molecule has 2 aromatic rings. The maximum Gasteiger partial charge on any atom is 0.458 e. The molecule has 2 fully saturated rings. The van der Waals surface area contributed by atoms with Gasteiger partial charge in [-0.15, -0.1) is 0 Å². The van der Waals surface area contributed by atoms with E-state index in [1.807, 2.05) is 0 Å². The Bertz CT molecular complexity index is 1740. The van der Waals surface area contributed by atoms with Crippen molar-refractivity contribution in [3.63, 3.8) is 0 Å². The van der Waals surface area contributed by atoms with Crippen molar-refractivity contribution < 1.29 is 49.5 Å². The molecule has 0 saturated carbocycles. The van der Waals surface area contributed by atoms with E-state index in [0.29, 0.717) is 34.4 Å². The number of carbonyl (C=O) groups is 2. The van der Waals surface area contributed by atoms with Crippen LogP contribution < -0.4 is 5.32 Å². The van der Waals surface area contributed by atoms with Gasteiger partial charge in [0.1, 0.15) is 18.0 Å². The Morgan fingerprint density at radius 3 is 2.06 bits per heavy atom. The summed E-state index contributed by atoms with van der Waals surface area (Å²) in [6.07, 6.45) is -4.05. The molecule has 2 saturated heterocycles. The number of carbonyl (C=O) groups excluding carboxylic acids is 2. The molecule has 3 aliphatic rings. The number of likely N-dealkylation sites (tertiary alicyclic amines) is 1. The number of rotatable bonds is 7. The lowest BCUT2D eigenvalue weighted by atomic mass is 9.89. The van der Waals surface area contributed by atoms with Gasteiger partial charge in [0.2, 0.25) is 10.0 Å². The van der Waals surface area contributed by atoms with Crippen molar-refractivity contribution in [2.24, 2.45) is 4.99 Å². The number of hydrogen-bond acceptors (Lipinski definition) is 6. The summed E-state index contributed by atoms with van der Waals surface area (Å²) in [5.41, 5.74) is -1.59. The number of hydrogen-bond donors (Lipinski definition) is 2. The van der Waals surface area contributed by atoms with Crippen molar-refractivity contribution in [2.45, 2.75) is 62.8 Å². The summed E-state index contributed by atoms with van der Waals surface area (Å²) < 4.78 is 106. The second-order valence-corrected chi connectivity index (χ2v) is 14.3. The first-order valence-electron chi connectivity index (χ1n) is 15.1. The average Bonchev–Trinajstić information content (AvgIpc) is 3.35. The van der Waals surface area contributed by atoms with Crippen molar-refractivity contribution in [3.8, 4) is 0 Å². The third-order valence-corrected chi connectivity index (χ3v) is 10.8. The molecule has 3 aliphatic heterocycles. The Morgan fingerprint density at radius 2 is 1.54 bits per heavy atom. The highest BCUT2D eigenvalue weighted by Crippen LogP contribution is 2.44. The van der Waals surface area contributed by atoms with Crippen LogP contribution in [0, 0.1) is 13.8 Å². The highest BCUT2D eigenvalue weighted by atomic mass is 32.2. The quantitative estimate of drug-likeness (QED) is 0.410. The number of benzene rings is 2. The highest BCUT2D eigenvalue weighted by molar-refractivity contribution is 7.92. The summed E-state index contributed by atoms with van der Waals surface area (Å²) in [6, 6.07) is 6.53. The minimum absolute atomic E-state index is 0.00693. The van der Waals surface area contributed by atoms with E-state index in [1.165, 1.54) is 10.4 Å². The average molecular weight is 701 g/mol. The molecule has 0 aliphatic carbocycles. The number of aryl methyl sites for hydroxylation is 2. The second-order valence-electron chi connectivity index (χ2n) is 12.5. The van der Waals surface area contributed by atoms with Crippen LogP contribution in [0.3, 0.4) is 0 Å². The van der Waals surface area contributed by atoms with Gasteiger partial charge < -0.3 is 15.3 Å². The summed E-state index contributed by atoms with van der Waals surface area (Å²) in [7, 11) is -3.95. The number of nitrogens with one attached hydrogen (secondary N) is 1. The zero-order valence-electron chi connectivity index (χ0n) is 26.1. The van der Waals surface area contributed by atoms with Crippen molar-refractivity contribution in [1.29, 1.82) is 0 Å². The van der Waals surface area contributed by atoms with Crippen LogP contribution in [-0.2, 0) is 20.7 Å². The van der Waals surface area contributed by atoms with Crippen LogP contribution in [0.1, 0.15) is 63.9 Å². The Hall–Kier alpha value is -3.76. The van der Waals surface area contributed by atoms with Gasteiger partial charge in [-0.05, 0) is 74.4 Å². The predicted octanol–water partition coefficient (Wildman–Crippen LogP) is 4.61. The number of amidine groups is 1. The van der Waals surface area contributed by atoms with Gasteiger partial charge in [0.25, 0.3) is 11.8 Å². The summed E-state index contributed by atoms with van der Waals surface area (Å²) in [5, 5.41) is 13.7. The van der Waals surface area contributed by atoms with Crippen molar-refractivity contribution in [2.75, 3.05) is 32.9 Å². The first-order chi connectivity index (χ1) is 22.3. The molecule has 2 aromatic carbocycles. The molecule has 0 atom stereocenters. The first kappa shape index (κ1) is 35.5. The maximum atomic E-state index is 13.7. The molecule has 0 aromatic heterocycles. The topological polar surface area (TPSA) is 119 Å². The monoisotopic (exact) mass is 700 g/mol. The van der Waals surface area contributed by atoms with Crippen LogP contribution in [0.25, 0.3) is 6.08 Å². The maximum absolute atomic E-state index is 13.7. The van der Waals surface area contributed by atoms with Crippen molar-refractivity contribution in [1.82, 2.24) is 14.5 Å². The largest absolute Gasteiger partial charge is 0.458 e. The number of sulfonamides is 1. The van der Waals surface area contributed by atoms with Gasteiger partial charge in [0.15, 0.2) is 0 Å². The third kappa shape index (κ3) is 6.74. The van der Waals surface area contributed by atoms with Crippen LogP contribution in [-0.4, -0.2) is 90.5 Å². The molecule has 9 nitrogen and oxygen atoms in total. The molecule has 2 N–H and O–H groups in total. The molecular weight excluding hydrogens is 666 g/mol. The number of aliphatic hydroxyl groups is 1. The van der Waals surface area contributed by atoms with E-state index in [4.69, 9.17) is 0 Å². The number of nitrogens with zero attached hydrogens (tertiary/aromatic N) is 3. The number of piperidine rings is 2. The van der Waals surface area contributed by atoms with Gasteiger partial charge in [0.05, 0.1) is 5.60 Å². The zero-order valence-corrected chi connectivity index (χ0v) is 26.9. The number of amides is 2. The van der Waals surface area contributed by atoms with E-state index in [9.17, 15) is 49.5 Å². The van der Waals surface area contributed by atoms with Gasteiger partial charge in [-0.1, -0.05) is 24.3 Å². The smallest absolute Gasteiger partial charge is 0.387 e. The fourth-order valence-corrected chi connectivity index (χ4v) is 7.32. The van der Waals surface area contributed by atoms with E-state index in [1.54, 1.807) is 30.9 Å². The molecule has 48 heavy (non-hydrogen) atoms. The molecule has 260 valence electrons. The Morgan fingerprint density at radius 1 is 0.979 bits per heavy atom. The van der Waals surface area contributed by atoms with Gasteiger partial charge in [-0.25, -0.2) is 12.8 Å². The SMILES string of the molecule is Cc1cc(C(=O)N2CCC(O)(CF)CC2)cc(C)c1C=CS(=O)(=O)N1CCC2(CC1)N=C(c1ccc(C(F)(F)C(F)(F)F)cc1)NC2=O. The third-order valence-electron chi connectivity index (χ3n) is 9.24. The number of aliphatic imine (C=N–C) groups is 1. The summed E-state index contributed by atoms with van der Waals surface area (Å²) in [6.45, 7) is 2.90. The van der Waals surface area contributed by atoms with E-state index in [-0.39, 0.29) is 69.2 Å².